The SMILES string of the molecule is Cc1cc(OC(F)(F)F)cc(O)c1I. The number of aryl methyl sites for hydroxylation is 1. The molecule has 0 amide bonds. The third-order valence-electron chi connectivity index (χ3n) is 1.44. The van der Waals surface area contributed by atoms with Crippen LogP contribution in [-0.4, -0.2) is 11.5 Å². The Hall–Kier alpha value is -0.660. The monoisotopic (exact) mass is 318 g/mol. The summed E-state index contributed by atoms with van der Waals surface area (Å²) in [4.78, 5) is 0. The third kappa shape index (κ3) is 2.93. The lowest BCUT2D eigenvalue weighted by atomic mass is 10.2. The van der Waals surface area contributed by atoms with Crippen molar-refractivity contribution in [2.45, 2.75) is 13.3 Å². The number of phenols is 1. The number of alkyl halides is 3. The van der Waals surface area contributed by atoms with Crippen LogP contribution in [0.2, 0.25) is 0 Å². The molecular weight excluding hydrogens is 312 g/mol. The minimum absolute atomic E-state index is 0.218. The molecule has 0 aliphatic carbocycles. The molecule has 0 aromatic heterocycles. The second-order valence-electron chi connectivity index (χ2n) is 2.62. The van der Waals surface area contributed by atoms with Crippen LogP contribution in [0.5, 0.6) is 11.5 Å². The molecule has 2 nitrogen and oxygen atoms in total. The number of aromatic hydroxyl groups is 1. The minimum atomic E-state index is -4.73. The molecule has 0 spiro atoms. The Morgan fingerprint density at radius 1 is 1.36 bits per heavy atom. The third-order valence-corrected chi connectivity index (χ3v) is 2.85. The summed E-state index contributed by atoms with van der Waals surface area (Å²) in [6.45, 7) is 1.59. The first kappa shape index (κ1) is 11.4. The van der Waals surface area contributed by atoms with Crippen molar-refractivity contribution in [2.75, 3.05) is 0 Å². The van der Waals surface area contributed by atoms with Gasteiger partial charge in [-0.15, -0.1) is 13.2 Å². The van der Waals surface area contributed by atoms with E-state index in [1.165, 1.54) is 6.07 Å². The van der Waals surface area contributed by atoms with E-state index >= 15 is 0 Å². The molecule has 1 N–H and O–H groups in total. The van der Waals surface area contributed by atoms with Crippen molar-refractivity contribution in [1.29, 1.82) is 0 Å². The Bertz CT molecular complexity index is 326. The van der Waals surface area contributed by atoms with Gasteiger partial charge in [-0.2, -0.15) is 0 Å². The van der Waals surface area contributed by atoms with Gasteiger partial charge >= 0.3 is 6.36 Å². The van der Waals surface area contributed by atoms with E-state index in [1.807, 2.05) is 22.6 Å². The molecule has 0 aliphatic rings. The van der Waals surface area contributed by atoms with Gasteiger partial charge in [-0.25, -0.2) is 0 Å². The van der Waals surface area contributed by atoms with E-state index in [9.17, 15) is 18.3 Å². The smallest absolute Gasteiger partial charge is 0.507 e. The van der Waals surface area contributed by atoms with Crippen LogP contribution in [0.4, 0.5) is 13.2 Å². The van der Waals surface area contributed by atoms with Crippen molar-refractivity contribution in [2.24, 2.45) is 0 Å². The van der Waals surface area contributed by atoms with E-state index in [2.05, 4.69) is 4.74 Å². The molecule has 0 aliphatic heterocycles. The van der Waals surface area contributed by atoms with E-state index in [0.29, 0.717) is 9.13 Å². The van der Waals surface area contributed by atoms with Gasteiger partial charge in [0, 0.05) is 6.07 Å². The first-order valence-electron chi connectivity index (χ1n) is 3.54. The first-order chi connectivity index (χ1) is 6.29. The first-order valence-corrected chi connectivity index (χ1v) is 4.62. The lowest BCUT2D eigenvalue weighted by Crippen LogP contribution is -2.17. The number of ether oxygens (including phenoxy) is 1. The van der Waals surface area contributed by atoms with Crippen LogP contribution in [0.1, 0.15) is 5.56 Å². The van der Waals surface area contributed by atoms with E-state index in [0.717, 1.165) is 6.07 Å². The highest BCUT2D eigenvalue weighted by atomic mass is 127. The molecule has 0 saturated heterocycles. The van der Waals surface area contributed by atoms with E-state index in [-0.39, 0.29) is 5.75 Å². The summed E-state index contributed by atoms with van der Waals surface area (Å²) in [6.07, 6.45) is -4.73. The van der Waals surface area contributed by atoms with Gasteiger partial charge in [-0.1, -0.05) is 0 Å². The number of benzene rings is 1. The molecule has 1 aromatic carbocycles. The summed E-state index contributed by atoms with van der Waals surface area (Å²) >= 11 is 1.84. The molecule has 1 rings (SSSR count). The molecule has 6 heteroatoms. The second-order valence-corrected chi connectivity index (χ2v) is 3.70. The molecule has 1 aromatic rings. The number of hydrogen-bond acceptors (Lipinski definition) is 2. The van der Waals surface area contributed by atoms with Gasteiger partial charge in [0.25, 0.3) is 0 Å². The maximum atomic E-state index is 11.8. The van der Waals surface area contributed by atoms with Gasteiger partial charge in [0.1, 0.15) is 11.5 Å². The molecule has 0 fully saturated rings. The van der Waals surface area contributed by atoms with Crippen LogP contribution < -0.4 is 4.74 Å². The van der Waals surface area contributed by atoms with Crippen molar-refractivity contribution in [1.82, 2.24) is 0 Å². The Labute approximate surface area is 91.8 Å². The van der Waals surface area contributed by atoms with Crippen LogP contribution in [0, 0.1) is 10.5 Å². The summed E-state index contributed by atoms with van der Waals surface area (Å²) < 4.78 is 39.6. The van der Waals surface area contributed by atoms with Crippen LogP contribution >= 0.6 is 22.6 Å². The second kappa shape index (κ2) is 3.84. The highest BCUT2D eigenvalue weighted by Crippen LogP contribution is 2.31. The minimum Gasteiger partial charge on any atom is -0.507 e. The van der Waals surface area contributed by atoms with Gasteiger partial charge in [0.05, 0.1) is 3.57 Å². The van der Waals surface area contributed by atoms with Gasteiger partial charge in [0.2, 0.25) is 0 Å². The van der Waals surface area contributed by atoms with Gasteiger partial charge in [-0.05, 0) is 41.1 Å². The average Bonchev–Trinajstić information content (AvgIpc) is 1.96. The fraction of sp³-hybridized carbons (Fsp3) is 0.250. The van der Waals surface area contributed by atoms with Crippen molar-refractivity contribution in [3.05, 3.63) is 21.3 Å². The van der Waals surface area contributed by atoms with Crippen LogP contribution in [0.15, 0.2) is 12.1 Å². The van der Waals surface area contributed by atoms with Crippen LogP contribution in [0.25, 0.3) is 0 Å². The van der Waals surface area contributed by atoms with Gasteiger partial charge < -0.3 is 9.84 Å². The molecule has 0 radical (unpaired) electrons. The van der Waals surface area contributed by atoms with Crippen molar-refractivity contribution in [3.8, 4) is 11.5 Å². The zero-order valence-corrected chi connectivity index (χ0v) is 9.18. The van der Waals surface area contributed by atoms with Crippen molar-refractivity contribution >= 4 is 22.6 Å². The molecule has 78 valence electrons. The zero-order chi connectivity index (χ0) is 10.9. The van der Waals surface area contributed by atoms with E-state index < -0.39 is 12.1 Å². The van der Waals surface area contributed by atoms with Gasteiger partial charge in [-0.3, -0.25) is 0 Å². The number of phenolic OH excluding ortho intramolecular Hbond substituents is 1. The quantitative estimate of drug-likeness (QED) is 0.806. The van der Waals surface area contributed by atoms with Gasteiger partial charge in [0.15, 0.2) is 0 Å². The predicted molar refractivity (Wildman–Crippen MR) is 52.2 cm³/mol. The Kier molecular flexibility index (Phi) is 3.13. The fourth-order valence-corrected chi connectivity index (χ4v) is 1.22. The maximum Gasteiger partial charge on any atom is 0.573 e. The lowest BCUT2D eigenvalue weighted by Gasteiger charge is -2.10. The molecule has 0 unspecified atom stereocenters. The summed E-state index contributed by atoms with van der Waals surface area (Å²) in [5.74, 6) is -0.627. The van der Waals surface area contributed by atoms with E-state index in [1.54, 1.807) is 6.92 Å². The molecule has 0 saturated carbocycles. The fourth-order valence-electron chi connectivity index (χ4n) is 0.911. The maximum absolute atomic E-state index is 11.8. The Balaban J connectivity index is 3.02. The standard InChI is InChI=1S/C8H6F3IO2/c1-4-2-5(14-8(9,10)11)3-6(13)7(4)12/h2-3,13H,1H3. The highest BCUT2D eigenvalue weighted by molar-refractivity contribution is 14.1. The Morgan fingerprint density at radius 3 is 2.36 bits per heavy atom. The van der Waals surface area contributed by atoms with Crippen molar-refractivity contribution < 1.29 is 23.0 Å². The molecule has 0 atom stereocenters. The summed E-state index contributed by atoms with van der Waals surface area (Å²) in [7, 11) is 0. The van der Waals surface area contributed by atoms with Crippen LogP contribution in [-0.2, 0) is 0 Å². The Morgan fingerprint density at radius 2 is 1.93 bits per heavy atom. The van der Waals surface area contributed by atoms with Crippen LogP contribution in [0.3, 0.4) is 0 Å². The number of rotatable bonds is 1. The predicted octanol–water partition coefficient (Wildman–Crippen LogP) is 3.20. The average molecular weight is 318 g/mol. The highest BCUT2D eigenvalue weighted by Gasteiger charge is 2.31. The molecule has 0 heterocycles. The normalized spacial score (nSPS) is 11.5. The largest absolute Gasteiger partial charge is 0.573 e. The topological polar surface area (TPSA) is 29.5 Å². The summed E-state index contributed by atoms with van der Waals surface area (Å²) in [5, 5.41) is 9.22. The summed E-state index contributed by atoms with van der Waals surface area (Å²) in [5.41, 5.74) is 0.532. The molecular formula is C8H6F3IO2. The number of halogens is 4. The van der Waals surface area contributed by atoms with E-state index in [4.69, 9.17) is 0 Å². The number of hydrogen-bond donors (Lipinski definition) is 1. The molecule has 14 heavy (non-hydrogen) atoms. The molecule has 0 bridgehead atoms. The lowest BCUT2D eigenvalue weighted by molar-refractivity contribution is -0.274. The zero-order valence-electron chi connectivity index (χ0n) is 7.02. The summed E-state index contributed by atoms with van der Waals surface area (Å²) in [6, 6.07) is 2.15. The van der Waals surface area contributed by atoms with Crippen molar-refractivity contribution in [3.63, 3.8) is 0 Å².